The van der Waals surface area contributed by atoms with Gasteiger partial charge in [0.1, 0.15) is 0 Å². The summed E-state index contributed by atoms with van der Waals surface area (Å²) in [6, 6.07) is 43.3. The molecule has 14 rings (SSSR count). The largest absolute Gasteiger partial charge is 0.453 e. The van der Waals surface area contributed by atoms with Gasteiger partial charge in [-0.05, 0) is 211 Å². The third-order valence-corrected chi connectivity index (χ3v) is 23.0. The molecule has 78 heavy (non-hydrogen) atoms. The van der Waals surface area contributed by atoms with Gasteiger partial charge in [-0.1, -0.05) is 153 Å². The number of benzene rings is 6. The molecule has 7 aromatic rings. The van der Waals surface area contributed by atoms with Crippen molar-refractivity contribution >= 4 is 84.9 Å². The molecular weight excluding hydrogens is 966 g/mol. The van der Waals surface area contributed by atoms with Gasteiger partial charge in [-0.25, -0.2) is 0 Å². The average molecular weight is 1050 g/mol. The van der Waals surface area contributed by atoms with E-state index in [1.165, 1.54) is 109 Å². The molecule has 1 aromatic heterocycles. The van der Waals surface area contributed by atoms with Gasteiger partial charge in [-0.3, -0.25) is 0 Å². The number of para-hydroxylation sites is 4. The predicted molar refractivity (Wildman–Crippen MR) is 334 cm³/mol. The van der Waals surface area contributed by atoms with Crippen LogP contribution in [-0.4, -0.2) is 6.71 Å². The maximum absolute atomic E-state index is 6.80. The number of hydrogen-bond donors (Lipinski definition) is 0. The fourth-order valence-electron chi connectivity index (χ4n) is 15.9. The predicted octanol–water partition coefficient (Wildman–Crippen LogP) is 18.8. The number of fused-ring (bicyclic) bond motifs is 11. The Bertz CT molecular complexity index is 3680. The van der Waals surface area contributed by atoms with Crippen molar-refractivity contribution in [2.75, 3.05) is 14.7 Å². The van der Waals surface area contributed by atoms with E-state index in [1.807, 2.05) is 0 Å². The second-order valence-corrected chi connectivity index (χ2v) is 31.4. The van der Waals surface area contributed by atoms with Crippen molar-refractivity contribution in [3.8, 4) is 11.5 Å². The Kier molecular flexibility index (Phi) is 10.4. The third-order valence-electron chi connectivity index (χ3n) is 21.4. The molecule has 6 aromatic carbocycles. The average Bonchev–Trinajstić information content (AvgIpc) is 2.76. The number of thiophene rings is 1. The minimum atomic E-state index is -0.0438. The lowest BCUT2D eigenvalue weighted by molar-refractivity contribution is 0.332. The van der Waals surface area contributed by atoms with Gasteiger partial charge in [-0.2, -0.15) is 11.3 Å². The highest BCUT2D eigenvalue weighted by Gasteiger charge is 2.53. The Hall–Kier alpha value is -5.72. The van der Waals surface area contributed by atoms with Gasteiger partial charge in [-0.15, -0.1) is 0 Å². The van der Waals surface area contributed by atoms with E-state index in [2.05, 4.69) is 246 Å². The van der Waals surface area contributed by atoms with Crippen LogP contribution in [0.25, 0.3) is 0 Å². The van der Waals surface area contributed by atoms with E-state index >= 15 is 0 Å². The summed E-state index contributed by atoms with van der Waals surface area (Å²) in [7, 11) is 0. The van der Waals surface area contributed by atoms with Gasteiger partial charge in [0.05, 0.1) is 22.7 Å². The summed E-state index contributed by atoms with van der Waals surface area (Å²) >= 11 is 2.15. The van der Waals surface area contributed by atoms with Crippen LogP contribution in [0.5, 0.6) is 11.5 Å². The Morgan fingerprint density at radius 1 is 0.372 bits per heavy atom. The second kappa shape index (κ2) is 16.0. The van der Waals surface area contributed by atoms with E-state index in [-0.39, 0.29) is 50.0 Å². The molecule has 400 valence electrons. The molecule has 0 radical (unpaired) electrons. The lowest BCUT2D eigenvalue weighted by atomic mass is 9.35. The first-order chi connectivity index (χ1) is 36.6. The first-order valence-corrected chi connectivity index (χ1v) is 30.5. The summed E-state index contributed by atoms with van der Waals surface area (Å²) in [5.74, 6) is 1.74. The molecule has 0 saturated carbocycles. The lowest BCUT2D eigenvalue weighted by Gasteiger charge is -2.48. The van der Waals surface area contributed by atoms with Crippen LogP contribution in [0.4, 0.5) is 51.2 Å². The lowest BCUT2D eigenvalue weighted by Crippen LogP contribution is -2.61. The van der Waals surface area contributed by atoms with Crippen LogP contribution in [-0.2, 0) is 43.3 Å². The van der Waals surface area contributed by atoms with E-state index in [0.717, 1.165) is 54.2 Å². The van der Waals surface area contributed by atoms with Crippen LogP contribution in [0.2, 0.25) is 0 Å². The molecule has 0 unspecified atom stereocenters. The highest BCUT2D eigenvalue weighted by molar-refractivity contribution is 7.29. The van der Waals surface area contributed by atoms with E-state index in [0.29, 0.717) is 0 Å². The molecule has 3 aliphatic heterocycles. The summed E-state index contributed by atoms with van der Waals surface area (Å²) in [6.45, 7) is 40.1. The molecule has 0 amide bonds. The summed E-state index contributed by atoms with van der Waals surface area (Å²) in [4.78, 5) is 9.65. The Balaban J connectivity index is 1.16. The minimum absolute atomic E-state index is 0.0140. The zero-order valence-electron chi connectivity index (χ0n) is 49.8. The van der Waals surface area contributed by atoms with Gasteiger partial charge in [0.15, 0.2) is 11.5 Å². The first kappa shape index (κ1) is 50.5. The van der Waals surface area contributed by atoms with Crippen molar-refractivity contribution in [3.05, 3.63) is 153 Å². The van der Waals surface area contributed by atoms with Gasteiger partial charge in [0.2, 0.25) is 0 Å². The van der Waals surface area contributed by atoms with Crippen molar-refractivity contribution < 1.29 is 4.74 Å². The van der Waals surface area contributed by atoms with Gasteiger partial charge in [0, 0.05) is 38.1 Å². The number of nitrogens with zero attached hydrogens (tertiary/aromatic N) is 3. The Morgan fingerprint density at radius 3 is 1.31 bits per heavy atom. The van der Waals surface area contributed by atoms with E-state index < -0.39 is 0 Å². The molecule has 0 atom stereocenters. The summed E-state index contributed by atoms with van der Waals surface area (Å²) in [6.07, 6.45) is 9.34. The van der Waals surface area contributed by atoms with Crippen LogP contribution in [0.3, 0.4) is 0 Å². The standard InChI is InChI=1S/C72H82BN3OS/c1-65(2)29-31-67(5,6)48-37-43(25-27-46(48)65)74-55-42-51-50(69(9,10)33-34-70(51,11)12)41-52(55)73-61-56(74)39-45(75-53-21-17-19-23-58(53)77-59-24-20-18-22-54(59)75)40-57(61)76(44-26-28-47-49(38-44)68(7,8)32-30-66(47,3)4)62-60-63(78-64(62)73)72(15,16)36-35-71(60,13)14/h17-28,37-42H,29-36H2,1-16H3. The van der Waals surface area contributed by atoms with Gasteiger partial charge < -0.3 is 19.4 Å². The zero-order chi connectivity index (χ0) is 54.8. The maximum Gasteiger partial charge on any atom is 0.264 e. The molecule has 7 aliphatic rings. The van der Waals surface area contributed by atoms with E-state index in [9.17, 15) is 0 Å². The van der Waals surface area contributed by atoms with Crippen molar-refractivity contribution in [2.45, 2.75) is 205 Å². The van der Waals surface area contributed by atoms with Crippen LogP contribution >= 0.6 is 11.3 Å². The second-order valence-electron chi connectivity index (χ2n) is 30.4. The van der Waals surface area contributed by atoms with Gasteiger partial charge >= 0.3 is 0 Å². The Labute approximate surface area is 471 Å². The van der Waals surface area contributed by atoms with E-state index in [1.54, 1.807) is 10.4 Å². The molecule has 4 nitrogen and oxygen atoms in total. The molecule has 0 fully saturated rings. The zero-order valence-corrected chi connectivity index (χ0v) is 50.6. The molecule has 0 saturated heterocycles. The molecule has 4 heterocycles. The molecule has 4 aliphatic carbocycles. The number of hydrogen-bond acceptors (Lipinski definition) is 5. The molecular formula is C72H82BN3OS. The topological polar surface area (TPSA) is 19.0 Å². The highest BCUT2D eigenvalue weighted by atomic mass is 32.1. The SMILES string of the molecule is CC1(C)CCC(C)(C)c2cc(N3c4cc5c(cc4B4c6sc7c(c6N(c6ccc8c(c6)C(C)(C)CCC8(C)C)c6cc(N8c9ccccc9Oc9ccccc98)cc3c64)C(C)(C)CCC7(C)C)C(C)(C)CCC5(C)C)ccc21. The maximum atomic E-state index is 6.80. The molecule has 0 spiro atoms. The number of rotatable bonds is 3. The molecule has 0 N–H and O–H groups in total. The van der Waals surface area contributed by atoms with E-state index in [4.69, 9.17) is 4.74 Å². The van der Waals surface area contributed by atoms with Crippen molar-refractivity contribution in [3.63, 3.8) is 0 Å². The minimum Gasteiger partial charge on any atom is -0.453 e. The van der Waals surface area contributed by atoms with Crippen LogP contribution in [0.15, 0.2) is 109 Å². The number of ether oxygens (including phenoxy) is 1. The quantitative estimate of drug-likeness (QED) is 0.164. The summed E-state index contributed by atoms with van der Waals surface area (Å²) in [5, 5.41) is 0. The first-order valence-electron chi connectivity index (χ1n) is 29.7. The smallest absolute Gasteiger partial charge is 0.264 e. The van der Waals surface area contributed by atoms with Crippen LogP contribution < -0.4 is 35.1 Å². The summed E-state index contributed by atoms with van der Waals surface area (Å²) in [5.41, 5.74) is 24.7. The summed E-state index contributed by atoms with van der Waals surface area (Å²) < 4.78 is 8.31. The van der Waals surface area contributed by atoms with Crippen molar-refractivity contribution in [1.29, 1.82) is 0 Å². The molecule has 0 bridgehead atoms. The Morgan fingerprint density at radius 2 is 0.782 bits per heavy atom. The number of anilines is 9. The van der Waals surface area contributed by atoms with Crippen molar-refractivity contribution in [2.24, 2.45) is 0 Å². The normalized spacial score (nSPS) is 22.0. The molecule has 6 heteroatoms. The van der Waals surface area contributed by atoms with Crippen LogP contribution in [0.1, 0.15) is 206 Å². The van der Waals surface area contributed by atoms with Crippen molar-refractivity contribution in [1.82, 2.24) is 0 Å². The fraction of sp³-hybridized carbons (Fsp3) is 0.444. The van der Waals surface area contributed by atoms with Crippen LogP contribution in [0, 0.1) is 0 Å². The third kappa shape index (κ3) is 7.08. The van der Waals surface area contributed by atoms with Gasteiger partial charge in [0.25, 0.3) is 6.71 Å². The fourth-order valence-corrected chi connectivity index (χ4v) is 17.6. The monoisotopic (exact) mass is 1050 g/mol. The highest BCUT2D eigenvalue weighted by Crippen LogP contribution is 2.60.